The van der Waals surface area contributed by atoms with Gasteiger partial charge in [-0.1, -0.05) is 36.8 Å². The highest BCUT2D eigenvalue weighted by Crippen LogP contribution is 2.15. The summed E-state index contributed by atoms with van der Waals surface area (Å²) in [6.07, 6.45) is 2.52. The van der Waals surface area contributed by atoms with E-state index in [1.54, 1.807) is 13.4 Å². The SMILES string of the molecule is COCCNC(=NCC(C)c1ccc(C)cc1)NCCc1ccco1. The van der Waals surface area contributed by atoms with Crippen molar-refractivity contribution in [1.29, 1.82) is 0 Å². The Labute approximate surface area is 150 Å². The van der Waals surface area contributed by atoms with E-state index in [1.807, 2.05) is 12.1 Å². The summed E-state index contributed by atoms with van der Waals surface area (Å²) in [5.74, 6) is 2.14. The van der Waals surface area contributed by atoms with E-state index in [0.717, 1.165) is 37.8 Å². The summed E-state index contributed by atoms with van der Waals surface area (Å²) in [4.78, 5) is 4.72. The first-order chi connectivity index (χ1) is 12.2. The molecule has 0 saturated heterocycles. The molecule has 1 unspecified atom stereocenters. The number of benzene rings is 1. The summed E-state index contributed by atoms with van der Waals surface area (Å²) in [7, 11) is 1.70. The maximum absolute atomic E-state index is 5.36. The molecule has 0 radical (unpaired) electrons. The van der Waals surface area contributed by atoms with Crippen LogP contribution in [0.25, 0.3) is 0 Å². The van der Waals surface area contributed by atoms with Gasteiger partial charge in [-0.05, 0) is 24.6 Å². The smallest absolute Gasteiger partial charge is 0.191 e. The van der Waals surface area contributed by atoms with Crippen LogP contribution in [0, 0.1) is 6.92 Å². The van der Waals surface area contributed by atoms with Crippen LogP contribution in [0.5, 0.6) is 0 Å². The fraction of sp³-hybridized carbons (Fsp3) is 0.450. The lowest BCUT2D eigenvalue weighted by atomic mass is 10.0. The van der Waals surface area contributed by atoms with Crippen LogP contribution in [0.3, 0.4) is 0 Å². The second-order valence-corrected chi connectivity index (χ2v) is 6.18. The number of aliphatic imine (C=N–C) groups is 1. The molecule has 25 heavy (non-hydrogen) atoms. The van der Waals surface area contributed by atoms with Crippen LogP contribution in [0.15, 0.2) is 52.1 Å². The number of hydrogen-bond acceptors (Lipinski definition) is 3. The van der Waals surface area contributed by atoms with Crippen molar-refractivity contribution in [2.24, 2.45) is 4.99 Å². The highest BCUT2D eigenvalue weighted by atomic mass is 16.5. The van der Waals surface area contributed by atoms with E-state index in [1.165, 1.54) is 11.1 Å². The molecule has 2 aromatic rings. The third-order valence-electron chi connectivity index (χ3n) is 4.01. The van der Waals surface area contributed by atoms with Crippen molar-refractivity contribution in [3.05, 3.63) is 59.5 Å². The summed E-state index contributed by atoms with van der Waals surface area (Å²) in [6, 6.07) is 12.5. The Kier molecular flexibility index (Phi) is 8.05. The first-order valence-corrected chi connectivity index (χ1v) is 8.79. The average Bonchev–Trinajstić information content (AvgIpc) is 3.13. The zero-order valence-electron chi connectivity index (χ0n) is 15.4. The number of aryl methyl sites for hydroxylation is 1. The molecule has 136 valence electrons. The van der Waals surface area contributed by atoms with Gasteiger partial charge in [-0.25, -0.2) is 0 Å². The maximum Gasteiger partial charge on any atom is 0.191 e. The molecular weight excluding hydrogens is 314 g/mol. The number of rotatable bonds is 9. The Bertz CT molecular complexity index is 621. The largest absolute Gasteiger partial charge is 0.469 e. The molecule has 1 heterocycles. The fourth-order valence-electron chi connectivity index (χ4n) is 2.43. The Balaban J connectivity index is 1.87. The van der Waals surface area contributed by atoms with Crippen LogP contribution in [0.2, 0.25) is 0 Å². The Hall–Kier alpha value is -2.27. The van der Waals surface area contributed by atoms with Gasteiger partial charge >= 0.3 is 0 Å². The number of methoxy groups -OCH3 is 1. The van der Waals surface area contributed by atoms with Crippen molar-refractivity contribution < 1.29 is 9.15 Å². The van der Waals surface area contributed by atoms with E-state index in [-0.39, 0.29) is 0 Å². The molecule has 1 aromatic heterocycles. The molecule has 5 heteroatoms. The Morgan fingerprint density at radius 1 is 1.16 bits per heavy atom. The number of hydrogen-bond donors (Lipinski definition) is 2. The molecular formula is C20H29N3O2. The van der Waals surface area contributed by atoms with Crippen LogP contribution in [-0.2, 0) is 11.2 Å². The molecule has 0 bridgehead atoms. The third-order valence-corrected chi connectivity index (χ3v) is 4.01. The molecule has 0 amide bonds. The number of nitrogens with zero attached hydrogens (tertiary/aromatic N) is 1. The van der Waals surface area contributed by atoms with Crippen molar-refractivity contribution in [2.45, 2.75) is 26.2 Å². The van der Waals surface area contributed by atoms with Crippen molar-refractivity contribution in [2.75, 3.05) is 33.4 Å². The lowest BCUT2D eigenvalue weighted by molar-refractivity contribution is 0.203. The van der Waals surface area contributed by atoms with E-state index in [0.29, 0.717) is 12.5 Å². The molecule has 0 spiro atoms. The van der Waals surface area contributed by atoms with E-state index in [9.17, 15) is 0 Å². The van der Waals surface area contributed by atoms with Crippen LogP contribution >= 0.6 is 0 Å². The van der Waals surface area contributed by atoms with Crippen LogP contribution < -0.4 is 10.6 Å². The molecule has 0 aliphatic rings. The van der Waals surface area contributed by atoms with Gasteiger partial charge in [0.1, 0.15) is 5.76 Å². The van der Waals surface area contributed by atoms with Crippen molar-refractivity contribution >= 4 is 5.96 Å². The maximum atomic E-state index is 5.36. The number of furan rings is 1. The van der Waals surface area contributed by atoms with Gasteiger partial charge in [0, 0.05) is 39.1 Å². The topological polar surface area (TPSA) is 58.8 Å². The summed E-state index contributed by atoms with van der Waals surface area (Å²) in [5.41, 5.74) is 2.59. The molecule has 0 aliphatic heterocycles. The minimum atomic E-state index is 0.367. The summed E-state index contributed by atoms with van der Waals surface area (Å²) in [5, 5.41) is 6.66. The Morgan fingerprint density at radius 3 is 2.60 bits per heavy atom. The van der Waals surface area contributed by atoms with Gasteiger partial charge in [-0.15, -0.1) is 0 Å². The van der Waals surface area contributed by atoms with Crippen LogP contribution in [0.1, 0.15) is 29.7 Å². The zero-order chi connectivity index (χ0) is 17.9. The summed E-state index contributed by atoms with van der Waals surface area (Å²) >= 11 is 0. The molecule has 2 N–H and O–H groups in total. The third kappa shape index (κ3) is 7.01. The van der Waals surface area contributed by atoms with Gasteiger partial charge < -0.3 is 19.8 Å². The van der Waals surface area contributed by atoms with Crippen LogP contribution in [-0.4, -0.2) is 39.3 Å². The van der Waals surface area contributed by atoms with Gasteiger partial charge in [0.05, 0.1) is 12.9 Å². The highest BCUT2D eigenvalue weighted by Gasteiger charge is 2.06. The molecule has 1 aromatic carbocycles. The van der Waals surface area contributed by atoms with Gasteiger partial charge in [0.25, 0.3) is 0 Å². The first-order valence-electron chi connectivity index (χ1n) is 8.79. The number of nitrogens with one attached hydrogen (secondary N) is 2. The lowest BCUT2D eigenvalue weighted by Crippen LogP contribution is -2.40. The predicted octanol–water partition coefficient (Wildman–Crippen LogP) is 3.12. The quantitative estimate of drug-likeness (QED) is 0.417. The monoisotopic (exact) mass is 343 g/mol. The normalized spacial score (nSPS) is 12.8. The molecule has 5 nitrogen and oxygen atoms in total. The minimum absolute atomic E-state index is 0.367. The number of guanidine groups is 1. The van der Waals surface area contributed by atoms with E-state index in [4.69, 9.17) is 14.1 Å². The standard InChI is InChI=1S/C20H29N3O2/c1-16-6-8-18(9-7-16)17(2)15-23-20(22-12-14-24-3)21-11-10-19-5-4-13-25-19/h4-9,13,17H,10-12,14-15H2,1-3H3,(H2,21,22,23). The second kappa shape index (κ2) is 10.6. The van der Waals surface area contributed by atoms with Gasteiger partial charge in [-0.3, -0.25) is 4.99 Å². The minimum Gasteiger partial charge on any atom is -0.469 e. The zero-order valence-corrected chi connectivity index (χ0v) is 15.4. The highest BCUT2D eigenvalue weighted by molar-refractivity contribution is 5.79. The number of ether oxygens (including phenoxy) is 1. The van der Waals surface area contributed by atoms with Crippen molar-refractivity contribution in [3.8, 4) is 0 Å². The molecule has 0 fully saturated rings. The summed E-state index contributed by atoms with van der Waals surface area (Å²) in [6.45, 7) is 7.17. The fourth-order valence-corrected chi connectivity index (χ4v) is 2.43. The van der Waals surface area contributed by atoms with Gasteiger partial charge in [-0.2, -0.15) is 0 Å². The lowest BCUT2D eigenvalue weighted by Gasteiger charge is -2.14. The predicted molar refractivity (Wildman–Crippen MR) is 102 cm³/mol. The van der Waals surface area contributed by atoms with E-state index in [2.05, 4.69) is 48.7 Å². The first kappa shape index (κ1) is 19.1. The molecule has 0 aliphatic carbocycles. The molecule has 1 atom stereocenters. The molecule has 2 rings (SSSR count). The van der Waals surface area contributed by atoms with E-state index >= 15 is 0 Å². The second-order valence-electron chi connectivity index (χ2n) is 6.18. The van der Waals surface area contributed by atoms with E-state index < -0.39 is 0 Å². The average molecular weight is 343 g/mol. The van der Waals surface area contributed by atoms with Gasteiger partial charge in [0.15, 0.2) is 5.96 Å². The van der Waals surface area contributed by atoms with Crippen molar-refractivity contribution in [3.63, 3.8) is 0 Å². The van der Waals surface area contributed by atoms with Gasteiger partial charge in [0.2, 0.25) is 0 Å². The Morgan fingerprint density at radius 2 is 1.92 bits per heavy atom. The molecule has 0 saturated carbocycles. The summed E-state index contributed by atoms with van der Waals surface area (Å²) < 4.78 is 10.5. The van der Waals surface area contributed by atoms with Crippen LogP contribution in [0.4, 0.5) is 0 Å². The van der Waals surface area contributed by atoms with Crippen molar-refractivity contribution in [1.82, 2.24) is 10.6 Å².